The summed E-state index contributed by atoms with van der Waals surface area (Å²) in [5.74, 6) is -0.487. The first-order valence-corrected chi connectivity index (χ1v) is 9.13. The van der Waals surface area contributed by atoms with E-state index in [1.807, 2.05) is 27.7 Å². The van der Waals surface area contributed by atoms with Gasteiger partial charge in [0.1, 0.15) is 0 Å². The summed E-state index contributed by atoms with van der Waals surface area (Å²) in [6.07, 6.45) is 1.81. The van der Waals surface area contributed by atoms with Crippen LogP contribution in [-0.2, 0) is 0 Å². The first-order chi connectivity index (χ1) is 12.1. The molecule has 1 fully saturated rings. The minimum absolute atomic E-state index is 0.136. The van der Waals surface area contributed by atoms with Crippen LogP contribution < -0.4 is 0 Å². The number of amides is 3. The Balaban J connectivity index is 2.01. The molecule has 26 heavy (non-hydrogen) atoms. The number of benzene rings is 1. The molecule has 1 heterocycles. The molecule has 0 unspecified atom stereocenters. The molecule has 140 valence electrons. The molecule has 0 spiro atoms. The number of carboxylic acid groups (broad SMARTS) is 1. The molecule has 2 atom stereocenters. The summed E-state index contributed by atoms with van der Waals surface area (Å²) in [7, 11) is 0. The van der Waals surface area contributed by atoms with Gasteiger partial charge in [-0.25, -0.2) is 4.79 Å². The summed E-state index contributed by atoms with van der Waals surface area (Å²) in [5, 5.41) is 9.79. The molecule has 1 aromatic rings. The largest absolute Gasteiger partial charge is 0.465 e. The van der Waals surface area contributed by atoms with Crippen LogP contribution in [0.4, 0.5) is 4.79 Å². The van der Waals surface area contributed by atoms with Gasteiger partial charge in [-0.1, -0.05) is 18.6 Å². The zero-order valence-corrected chi connectivity index (χ0v) is 15.7. The predicted molar refractivity (Wildman–Crippen MR) is 97.1 cm³/mol. The van der Waals surface area contributed by atoms with E-state index in [-0.39, 0.29) is 17.7 Å². The highest BCUT2D eigenvalue weighted by molar-refractivity contribution is 6.21. The highest BCUT2D eigenvalue weighted by atomic mass is 16.4. The van der Waals surface area contributed by atoms with Crippen LogP contribution in [-0.4, -0.2) is 50.4 Å². The lowest BCUT2D eigenvalue weighted by atomic mass is 9.75. The topological polar surface area (TPSA) is 77.9 Å². The summed E-state index contributed by atoms with van der Waals surface area (Å²) in [4.78, 5) is 40.6. The van der Waals surface area contributed by atoms with E-state index in [0.717, 1.165) is 19.3 Å². The van der Waals surface area contributed by atoms with Gasteiger partial charge in [-0.05, 0) is 58.6 Å². The molecule has 1 saturated carbocycles. The van der Waals surface area contributed by atoms with Crippen molar-refractivity contribution in [1.82, 2.24) is 9.80 Å². The van der Waals surface area contributed by atoms with Crippen molar-refractivity contribution in [2.45, 2.75) is 64.6 Å². The van der Waals surface area contributed by atoms with E-state index in [0.29, 0.717) is 11.1 Å². The van der Waals surface area contributed by atoms with E-state index in [1.165, 1.54) is 9.80 Å². The van der Waals surface area contributed by atoms with Gasteiger partial charge in [0.05, 0.1) is 23.2 Å². The quantitative estimate of drug-likeness (QED) is 0.834. The number of carbonyl (C=O) groups is 3. The minimum Gasteiger partial charge on any atom is -0.465 e. The van der Waals surface area contributed by atoms with E-state index in [4.69, 9.17) is 0 Å². The van der Waals surface area contributed by atoms with E-state index in [9.17, 15) is 19.5 Å². The maximum absolute atomic E-state index is 13.0. The van der Waals surface area contributed by atoms with Crippen LogP contribution in [0.3, 0.4) is 0 Å². The highest BCUT2D eigenvalue weighted by Gasteiger charge is 2.49. The van der Waals surface area contributed by atoms with E-state index >= 15 is 0 Å². The fourth-order valence-electron chi connectivity index (χ4n) is 4.31. The van der Waals surface area contributed by atoms with Crippen molar-refractivity contribution in [3.05, 3.63) is 35.4 Å². The van der Waals surface area contributed by atoms with Gasteiger partial charge in [-0.15, -0.1) is 0 Å². The Morgan fingerprint density at radius 3 is 2.00 bits per heavy atom. The van der Waals surface area contributed by atoms with Crippen LogP contribution in [0.25, 0.3) is 0 Å². The van der Waals surface area contributed by atoms with Gasteiger partial charge in [-0.3, -0.25) is 19.4 Å². The Hall–Kier alpha value is -2.37. The lowest BCUT2D eigenvalue weighted by Crippen LogP contribution is -2.62. The maximum Gasteiger partial charge on any atom is 0.408 e. The Bertz CT molecular complexity index is 713. The molecule has 1 aliphatic carbocycles. The number of imide groups is 1. The second-order valence-electron chi connectivity index (χ2n) is 8.27. The van der Waals surface area contributed by atoms with Gasteiger partial charge in [0, 0.05) is 5.54 Å². The molecule has 1 N–H and O–H groups in total. The van der Waals surface area contributed by atoms with Crippen LogP contribution in [0.2, 0.25) is 0 Å². The summed E-state index contributed by atoms with van der Waals surface area (Å²) in [5.41, 5.74) is 0.185. The van der Waals surface area contributed by atoms with Crippen LogP contribution in [0.1, 0.15) is 67.7 Å². The molecule has 0 radical (unpaired) electrons. The van der Waals surface area contributed by atoms with Crippen LogP contribution >= 0.6 is 0 Å². The van der Waals surface area contributed by atoms with Crippen LogP contribution in [0.15, 0.2) is 24.3 Å². The third kappa shape index (κ3) is 2.87. The summed E-state index contributed by atoms with van der Waals surface area (Å²) < 4.78 is 0. The number of hydrogen-bond donors (Lipinski definition) is 1. The van der Waals surface area contributed by atoms with Crippen molar-refractivity contribution in [1.29, 1.82) is 0 Å². The van der Waals surface area contributed by atoms with Crippen LogP contribution in [0.5, 0.6) is 0 Å². The number of fused-ring (bicyclic) bond motifs is 1. The molecule has 1 aromatic carbocycles. The summed E-state index contributed by atoms with van der Waals surface area (Å²) in [6.45, 7) is 7.30. The van der Waals surface area contributed by atoms with Gasteiger partial charge in [0.2, 0.25) is 0 Å². The Labute approximate surface area is 153 Å². The fraction of sp³-hybridized carbons (Fsp3) is 0.550. The Morgan fingerprint density at radius 2 is 1.65 bits per heavy atom. The third-order valence-electron chi connectivity index (χ3n) is 5.59. The van der Waals surface area contributed by atoms with Crippen LogP contribution in [0, 0.1) is 5.92 Å². The molecule has 0 saturated heterocycles. The van der Waals surface area contributed by atoms with E-state index in [1.54, 1.807) is 24.3 Å². The van der Waals surface area contributed by atoms with E-state index in [2.05, 4.69) is 0 Å². The van der Waals surface area contributed by atoms with Crippen molar-refractivity contribution in [3.8, 4) is 0 Å². The Kier molecular flexibility index (Phi) is 4.54. The maximum atomic E-state index is 13.0. The lowest BCUT2D eigenvalue weighted by Gasteiger charge is -2.48. The molecule has 0 bridgehead atoms. The molecule has 6 heteroatoms. The molecule has 0 aromatic heterocycles. The molecular weight excluding hydrogens is 332 g/mol. The smallest absolute Gasteiger partial charge is 0.408 e. The zero-order chi connectivity index (χ0) is 19.2. The van der Waals surface area contributed by atoms with E-state index < -0.39 is 23.7 Å². The summed E-state index contributed by atoms with van der Waals surface area (Å²) >= 11 is 0. The van der Waals surface area contributed by atoms with Crippen molar-refractivity contribution in [3.63, 3.8) is 0 Å². The first kappa shape index (κ1) is 18.4. The molecule has 3 rings (SSSR count). The molecule has 2 aliphatic rings. The van der Waals surface area contributed by atoms with Crippen molar-refractivity contribution >= 4 is 17.9 Å². The number of hydrogen-bond acceptors (Lipinski definition) is 3. The normalized spacial score (nSPS) is 19.8. The summed E-state index contributed by atoms with van der Waals surface area (Å²) in [6, 6.07) is 5.88. The highest BCUT2D eigenvalue weighted by Crippen LogP contribution is 2.39. The van der Waals surface area contributed by atoms with Crippen molar-refractivity contribution in [2.24, 2.45) is 5.92 Å². The Morgan fingerprint density at radius 1 is 1.15 bits per heavy atom. The van der Waals surface area contributed by atoms with Crippen molar-refractivity contribution < 1.29 is 19.5 Å². The number of rotatable bonds is 4. The predicted octanol–water partition coefficient (Wildman–Crippen LogP) is 3.62. The van der Waals surface area contributed by atoms with Crippen molar-refractivity contribution in [2.75, 3.05) is 0 Å². The SMILES string of the molecule is C[C@@H]([C@@H](C1CCC1)N1C(=O)c2ccccc2C1=O)N(C(=O)O)C(C)(C)C. The van der Waals surface area contributed by atoms with Gasteiger partial charge >= 0.3 is 6.09 Å². The lowest BCUT2D eigenvalue weighted by molar-refractivity contribution is 0.00382. The third-order valence-corrected chi connectivity index (χ3v) is 5.59. The van der Waals surface area contributed by atoms with Gasteiger partial charge < -0.3 is 5.11 Å². The molecule has 1 aliphatic heterocycles. The van der Waals surface area contributed by atoms with Gasteiger partial charge in [-0.2, -0.15) is 0 Å². The molecular formula is C20H26N2O4. The molecule has 6 nitrogen and oxygen atoms in total. The monoisotopic (exact) mass is 358 g/mol. The minimum atomic E-state index is -1.04. The fourth-order valence-corrected chi connectivity index (χ4v) is 4.31. The van der Waals surface area contributed by atoms with Gasteiger partial charge in [0.25, 0.3) is 11.8 Å². The average molecular weight is 358 g/mol. The number of nitrogens with zero attached hydrogens (tertiary/aromatic N) is 2. The average Bonchev–Trinajstić information content (AvgIpc) is 2.73. The number of carbonyl (C=O) groups excluding carboxylic acids is 2. The standard InChI is InChI=1S/C20H26N2O4/c1-12(22(19(25)26)20(2,3)4)16(13-8-7-9-13)21-17(23)14-10-5-6-11-15(14)18(21)24/h5-6,10-13,16H,7-9H2,1-4H3,(H,25,26)/t12-,16-/m0/s1. The second kappa shape index (κ2) is 6.41. The molecule has 3 amide bonds. The first-order valence-electron chi connectivity index (χ1n) is 9.13. The second-order valence-corrected chi connectivity index (χ2v) is 8.27. The zero-order valence-electron chi connectivity index (χ0n) is 15.7. The van der Waals surface area contributed by atoms with Gasteiger partial charge in [0.15, 0.2) is 0 Å².